The van der Waals surface area contributed by atoms with Gasteiger partial charge in [-0.3, -0.25) is 4.79 Å². The molecule has 0 aromatic heterocycles. The summed E-state index contributed by atoms with van der Waals surface area (Å²) in [5, 5.41) is 2.90. The number of nitrogens with zero attached hydrogens (tertiary/aromatic N) is 2. The summed E-state index contributed by atoms with van der Waals surface area (Å²) in [5.41, 5.74) is 0.729. The number of benzene rings is 2. The Labute approximate surface area is 179 Å². The number of anilines is 1. The lowest BCUT2D eigenvalue weighted by Gasteiger charge is -2.44. The number of likely N-dealkylation sites (tertiary alicyclic amines) is 1. The average Bonchev–Trinajstić information content (AvgIpc) is 3.17. The summed E-state index contributed by atoms with van der Waals surface area (Å²) in [6, 6.07) is 13.2. The predicted octanol–water partition coefficient (Wildman–Crippen LogP) is 4.05. The zero-order valence-electron chi connectivity index (χ0n) is 16.8. The minimum atomic E-state index is -0.497. The fraction of sp³-hybridized carbons (Fsp3) is 0.364. The first-order chi connectivity index (χ1) is 14.5. The van der Waals surface area contributed by atoms with Crippen molar-refractivity contribution < 1.29 is 18.7 Å². The second-order valence-corrected chi connectivity index (χ2v) is 8.81. The van der Waals surface area contributed by atoms with Gasteiger partial charge in [0.1, 0.15) is 11.6 Å². The van der Waals surface area contributed by atoms with Crippen molar-refractivity contribution in [1.82, 2.24) is 9.80 Å². The van der Waals surface area contributed by atoms with Gasteiger partial charge in [0.25, 0.3) is 5.91 Å². The Morgan fingerprint density at radius 2 is 1.77 bits per heavy atom. The van der Waals surface area contributed by atoms with Crippen LogP contribution < -0.4 is 10.1 Å². The van der Waals surface area contributed by atoms with Crippen LogP contribution in [0.2, 0.25) is 0 Å². The van der Waals surface area contributed by atoms with Gasteiger partial charge >= 0.3 is 6.03 Å². The number of carbonyl (C=O) groups excluding carboxylic acids is 2. The Bertz CT molecular complexity index is 947. The predicted molar refractivity (Wildman–Crippen MR) is 115 cm³/mol. The number of piperidine rings is 1. The average molecular weight is 430 g/mol. The van der Waals surface area contributed by atoms with Crippen LogP contribution in [-0.4, -0.2) is 59.1 Å². The zero-order valence-corrected chi connectivity index (χ0v) is 17.6. The lowest BCUT2D eigenvalue weighted by molar-refractivity contribution is 0.0581. The van der Waals surface area contributed by atoms with E-state index in [1.165, 1.54) is 12.1 Å². The number of hydrogen-bond acceptors (Lipinski definition) is 4. The molecule has 0 aliphatic carbocycles. The maximum atomic E-state index is 14.2. The molecule has 2 aromatic carbocycles. The van der Waals surface area contributed by atoms with Gasteiger partial charge in [-0.25, -0.2) is 9.18 Å². The quantitative estimate of drug-likeness (QED) is 0.800. The first kappa shape index (κ1) is 20.5. The van der Waals surface area contributed by atoms with Crippen LogP contribution in [0.4, 0.5) is 14.9 Å². The number of halogens is 1. The van der Waals surface area contributed by atoms with Gasteiger partial charge in [0.05, 0.1) is 23.2 Å². The molecule has 2 aliphatic rings. The van der Waals surface area contributed by atoms with Gasteiger partial charge in [0.2, 0.25) is 0 Å². The molecule has 0 saturated carbocycles. The minimum absolute atomic E-state index is 0.107. The van der Waals surface area contributed by atoms with E-state index in [4.69, 9.17) is 4.74 Å². The third-order valence-electron chi connectivity index (χ3n) is 5.71. The summed E-state index contributed by atoms with van der Waals surface area (Å²) in [6.45, 7) is 1.63. The molecule has 4 rings (SSSR count). The number of ether oxygens (including phenoxy) is 1. The summed E-state index contributed by atoms with van der Waals surface area (Å²) in [4.78, 5) is 28.9. The molecular weight excluding hydrogens is 405 g/mol. The minimum Gasteiger partial charge on any atom is -0.495 e. The summed E-state index contributed by atoms with van der Waals surface area (Å²) in [6.07, 6.45) is 1.30. The highest BCUT2D eigenvalue weighted by atomic mass is 32.2. The maximum absolute atomic E-state index is 14.2. The standard InChI is InChI=1S/C22H24FN3O3S/c1-29-19-9-5-4-8-18(19)24-21(28)25-12-10-22(11-13-25)26(14-15-30-22)20(27)16-6-2-3-7-17(16)23/h2-9H,10-15H2,1H3,(H,24,28). The van der Waals surface area contributed by atoms with Crippen LogP contribution in [0.3, 0.4) is 0 Å². The topological polar surface area (TPSA) is 61.9 Å². The second kappa shape index (κ2) is 8.55. The van der Waals surface area contributed by atoms with Gasteiger partial charge in [-0.15, -0.1) is 11.8 Å². The highest BCUT2D eigenvalue weighted by Crippen LogP contribution is 2.44. The summed E-state index contributed by atoms with van der Waals surface area (Å²) in [5.74, 6) is 0.647. The van der Waals surface area contributed by atoms with Crippen molar-refractivity contribution in [2.75, 3.05) is 37.8 Å². The number of amides is 3. The van der Waals surface area contributed by atoms with Crippen molar-refractivity contribution in [2.45, 2.75) is 17.7 Å². The van der Waals surface area contributed by atoms with Gasteiger partial charge in [-0.1, -0.05) is 24.3 Å². The second-order valence-electron chi connectivity index (χ2n) is 7.35. The number of carbonyl (C=O) groups is 2. The van der Waals surface area contributed by atoms with E-state index in [1.807, 2.05) is 12.1 Å². The molecule has 2 fully saturated rings. The third kappa shape index (κ3) is 3.84. The largest absolute Gasteiger partial charge is 0.495 e. The number of urea groups is 1. The first-order valence-corrected chi connectivity index (χ1v) is 10.9. The van der Waals surface area contributed by atoms with E-state index in [0.29, 0.717) is 43.9 Å². The Morgan fingerprint density at radius 3 is 2.50 bits per heavy atom. The molecule has 30 heavy (non-hydrogen) atoms. The monoisotopic (exact) mass is 429 g/mol. The molecule has 1 spiro atoms. The Hall–Kier alpha value is -2.74. The van der Waals surface area contributed by atoms with E-state index >= 15 is 0 Å². The van der Waals surface area contributed by atoms with Gasteiger partial charge < -0.3 is 19.9 Å². The number of para-hydroxylation sites is 2. The van der Waals surface area contributed by atoms with Crippen LogP contribution in [0.25, 0.3) is 0 Å². The maximum Gasteiger partial charge on any atom is 0.321 e. The fourth-order valence-electron chi connectivity index (χ4n) is 4.09. The third-order valence-corrected chi connectivity index (χ3v) is 7.26. The van der Waals surface area contributed by atoms with Crippen molar-refractivity contribution >= 4 is 29.4 Å². The number of hydrogen-bond donors (Lipinski definition) is 1. The summed E-state index contributed by atoms with van der Waals surface area (Å²) in [7, 11) is 1.56. The van der Waals surface area contributed by atoms with E-state index in [1.54, 1.807) is 52.9 Å². The summed E-state index contributed by atoms with van der Waals surface area (Å²) >= 11 is 1.73. The SMILES string of the molecule is COc1ccccc1NC(=O)N1CCC2(CC1)SCCN2C(=O)c1ccccc1F. The molecule has 2 heterocycles. The normalized spacial score (nSPS) is 17.8. The van der Waals surface area contributed by atoms with Gasteiger partial charge in [0, 0.05) is 25.4 Å². The Kier molecular flexibility index (Phi) is 5.85. The molecule has 6 nitrogen and oxygen atoms in total. The highest BCUT2D eigenvalue weighted by molar-refractivity contribution is 8.00. The van der Waals surface area contributed by atoms with Crippen LogP contribution in [0.5, 0.6) is 5.75 Å². The summed E-state index contributed by atoms with van der Waals surface area (Å²) < 4.78 is 19.5. The van der Waals surface area contributed by atoms with E-state index < -0.39 is 5.82 Å². The number of thioether (sulfide) groups is 1. The van der Waals surface area contributed by atoms with E-state index in [9.17, 15) is 14.0 Å². The van der Waals surface area contributed by atoms with E-state index in [-0.39, 0.29) is 22.4 Å². The number of methoxy groups -OCH3 is 1. The number of nitrogens with one attached hydrogen (secondary N) is 1. The first-order valence-electron chi connectivity index (χ1n) is 9.93. The number of rotatable bonds is 3. The van der Waals surface area contributed by atoms with Gasteiger partial charge in [-0.2, -0.15) is 0 Å². The molecule has 2 saturated heterocycles. The van der Waals surface area contributed by atoms with Gasteiger partial charge in [-0.05, 0) is 37.1 Å². The molecule has 2 aromatic rings. The van der Waals surface area contributed by atoms with E-state index in [2.05, 4.69) is 5.32 Å². The molecule has 0 unspecified atom stereocenters. The van der Waals surface area contributed by atoms with Crippen molar-refractivity contribution in [2.24, 2.45) is 0 Å². The van der Waals surface area contributed by atoms with Crippen molar-refractivity contribution in [1.29, 1.82) is 0 Å². The van der Waals surface area contributed by atoms with Crippen molar-refractivity contribution in [3.63, 3.8) is 0 Å². The molecule has 3 amide bonds. The molecule has 0 bridgehead atoms. The van der Waals surface area contributed by atoms with E-state index in [0.717, 1.165) is 5.75 Å². The van der Waals surface area contributed by atoms with Crippen molar-refractivity contribution in [3.8, 4) is 5.75 Å². The van der Waals surface area contributed by atoms with Crippen LogP contribution >= 0.6 is 11.8 Å². The van der Waals surface area contributed by atoms with Crippen LogP contribution in [0, 0.1) is 5.82 Å². The molecule has 2 aliphatic heterocycles. The molecule has 0 atom stereocenters. The zero-order chi connectivity index (χ0) is 21.1. The Balaban J connectivity index is 1.43. The fourth-order valence-corrected chi connectivity index (χ4v) is 5.55. The lowest BCUT2D eigenvalue weighted by atomic mass is 10.0. The molecule has 1 N–H and O–H groups in total. The molecular formula is C22H24FN3O3S. The molecule has 0 radical (unpaired) electrons. The van der Waals surface area contributed by atoms with Gasteiger partial charge in [0.15, 0.2) is 0 Å². The molecule has 158 valence electrons. The van der Waals surface area contributed by atoms with Crippen LogP contribution in [0.1, 0.15) is 23.2 Å². The smallest absolute Gasteiger partial charge is 0.321 e. The van der Waals surface area contributed by atoms with Crippen LogP contribution in [-0.2, 0) is 0 Å². The van der Waals surface area contributed by atoms with Crippen LogP contribution in [0.15, 0.2) is 48.5 Å². The molecule has 8 heteroatoms. The Morgan fingerprint density at radius 1 is 1.07 bits per heavy atom. The van der Waals surface area contributed by atoms with Crippen molar-refractivity contribution in [3.05, 3.63) is 59.9 Å². The lowest BCUT2D eigenvalue weighted by Crippen LogP contribution is -2.54. The highest BCUT2D eigenvalue weighted by Gasteiger charge is 2.47.